The van der Waals surface area contributed by atoms with Crippen LogP contribution in [0.15, 0.2) is 54.6 Å². The van der Waals surface area contributed by atoms with E-state index < -0.39 is 11.6 Å². The average Bonchev–Trinajstić information content (AvgIpc) is 2.50. The molecular formula is C17H14F2N2. The minimum absolute atomic E-state index is 0.362. The Balaban J connectivity index is 1.85. The number of para-hydroxylation sites is 1. The van der Waals surface area contributed by atoms with Crippen LogP contribution in [0.2, 0.25) is 0 Å². The lowest BCUT2D eigenvalue weighted by atomic mass is 10.0. The second-order valence-electron chi connectivity index (χ2n) is 4.99. The van der Waals surface area contributed by atoms with Crippen molar-refractivity contribution in [2.75, 3.05) is 0 Å². The van der Waals surface area contributed by atoms with Gasteiger partial charge < -0.3 is 5.73 Å². The van der Waals surface area contributed by atoms with E-state index in [1.54, 1.807) is 6.07 Å². The molecule has 4 heteroatoms. The molecule has 3 rings (SSSR count). The summed E-state index contributed by atoms with van der Waals surface area (Å²) in [6.45, 7) is 0. The molecule has 21 heavy (non-hydrogen) atoms. The van der Waals surface area contributed by atoms with Crippen molar-refractivity contribution < 1.29 is 8.78 Å². The smallest absolute Gasteiger partial charge is 0.159 e. The second kappa shape index (κ2) is 5.58. The van der Waals surface area contributed by atoms with Crippen molar-refractivity contribution in [3.8, 4) is 0 Å². The number of benzene rings is 2. The van der Waals surface area contributed by atoms with Crippen molar-refractivity contribution in [3.63, 3.8) is 0 Å². The summed E-state index contributed by atoms with van der Waals surface area (Å²) < 4.78 is 26.1. The lowest BCUT2D eigenvalue weighted by Gasteiger charge is -2.12. The van der Waals surface area contributed by atoms with Gasteiger partial charge in [-0.25, -0.2) is 8.78 Å². The fraction of sp³-hybridized carbons (Fsp3) is 0.118. The third-order valence-corrected chi connectivity index (χ3v) is 3.44. The van der Waals surface area contributed by atoms with Crippen LogP contribution in [-0.2, 0) is 6.42 Å². The maximum atomic E-state index is 13.2. The van der Waals surface area contributed by atoms with Crippen molar-refractivity contribution >= 4 is 10.9 Å². The normalized spacial score (nSPS) is 12.5. The molecule has 0 amide bonds. The highest BCUT2D eigenvalue weighted by Gasteiger charge is 2.11. The van der Waals surface area contributed by atoms with Gasteiger partial charge in [-0.3, -0.25) is 4.98 Å². The molecule has 0 aliphatic carbocycles. The van der Waals surface area contributed by atoms with Gasteiger partial charge in [0.25, 0.3) is 0 Å². The van der Waals surface area contributed by atoms with E-state index in [0.717, 1.165) is 22.7 Å². The standard InChI is InChI=1S/C17H14F2N2/c18-13-7-5-11(9-14(13)19)10-15(20)17-8-6-12-3-1-2-4-16(12)21-17/h1-9,15H,10,20H2. The number of fused-ring (bicyclic) bond motifs is 1. The van der Waals surface area contributed by atoms with Crippen LogP contribution >= 0.6 is 0 Å². The number of aromatic nitrogens is 1. The van der Waals surface area contributed by atoms with Gasteiger partial charge in [-0.05, 0) is 36.2 Å². The highest BCUT2D eigenvalue weighted by molar-refractivity contribution is 5.78. The summed E-state index contributed by atoms with van der Waals surface area (Å²) in [5.41, 5.74) is 8.38. The van der Waals surface area contributed by atoms with E-state index >= 15 is 0 Å². The van der Waals surface area contributed by atoms with Gasteiger partial charge in [0.15, 0.2) is 11.6 Å². The number of rotatable bonds is 3. The fourth-order valence-corrected chi connectivity index (χ4v) is 2.31. The Bertz CT molecular complexity index is 787. The molecule has 3 aromatic rings. The van der Waals surface area contributed by atoms with Crippen LogP contribution in [0.1, 0.15) is 17.3 Å². The lowest BCUT2D eigenvalue weighted by molar-refractivity contribution is 0.506. The highest BCUT2D eigenvalue weighted by Crippen LogP contribution is 2.19. The van der Waals surface area contributed by atoms with E-state index in [4.69, 9.17) is 5.73 Å². The first-order valence-electron chi connectivity index (χ1n) is 6.69. The highest BCUT2D eigenvalue weighted by atomic mass is 19.2. The Labute approximate surface area is 121 Å². The number of nitrogens with zero attached hydrogens (tertiary/aromatic N) is 1. The van der Waals surface area contributed by atoms with Crippen molar-refractivity contribution in [3.05, 3.63) is 77.5 Å². The van der Waals surface area contributed by atoms with Gasteiger partial charge >= 0.3 is 0 Å². The average molecular weight is 284 g/mol. The number of hydrogen-bond donors (Lipinski definition) is 1. The molecule has 0 radical (unpaired) electrons. The SMILES string of the molecule is NC(Cc1ccc(F)c(F)c1)c1ccc2ccccc2n1. The van der Waals surface area contributed by atoms with Gasteiger partial charge in [-0.2, -0.15) is 0 Å². The first kappa shape index (κ1) is 13.6. The molecule has 1 atom stereocenters. The molecule has 106 valence electrons. The molecule has 0 fully saturated rings. The zero-order chi connectivity index (χ0) is 14.8. The third-order valence-electron chi connectivity index (χ3n) is 3.44. The molecule has 2 aromatic carbocycles. The van der Waals surface area contributed by atoms with Crippen LogP contribution in [0.3, 0.4) is 0 Å². The quantitative estimate of drug-likeness (QED) is 0.795. The molecule has 1 heterocycles. The van der Waals surface area contributed by atoms with Gasteiger partial charge in [0.1, 0.15) is 0 Å². The van der Waals surface area contributed by atoms with E-state index in [1.165, 1.54) is 6.07 Å². The summed E-state index contributed by atoms with van der Waals surface area (Å²) in [5.74, 6) is -1.71. The maximum absolute atomic E-state index is 13.2. The summed E-state index contributed by atoms with van der Waals surface area (Å²) in [6.07, 6.45) is 0.405. The van der Waals surface area contributed by atoms with Crippen molar-refractivity contribution in [2.45, 2.75) is 12.5 Å². The summed E-state index contributed by atoms with van der Waals surface area (Å²) in [5, 5.41) is 1.04. The predicted molar refractivity (Wildman–Crippen MR) is 78.7 cm³/mol. The number of pyridine rings is 1. The Morgan fingerprint density at radius 1 is 0.952 bits per heavy atom. The molecule has 2 nitrogen and oxygen atoms in total. The van der Waals surface area contributed by atoms with Crippen LogP contribution in [-0.4, -0.2) is 4.98 Å². The maximum Gasteiger partial charge on any atom is 0.159 e. The summed E-state index contributed by atoms with van der Waals surface area (Å²) in [4.78, 5) is 4.52. The van der Waals surface area contributed by atoms with E-state index in [2.05, 4.69) is 4.98 Å². The minimum Gasteiger partial charge on any atom is -0.322 e. The van der Waals surface area contributed by atoms with Crippen LogP contribution < -0.4 is 5.73 Å². The molecule has 0 aliphatic heterocycles. The first-order valence-corrected chi connectivity index (χ1v) is 6.69. The van der Waals surface area contributed by atoms with E-state index in [-0.39, 0.29) is 6.04 Å². The van der Waals surface area contributed by atoms with Gasteiger partial charge in [-0.15, -0.1) is 0 Å². The first-order chi connectivity index (χ1) is 10.1. The molecule has 0 saturated carbocycles. The Hall–Kier alpha value is -2.33. The van der Waals surface area contributed by atoms with E-state index in [9.17, 15) is 8.78 Å². The molecule has 1 aromatic heterocycles. The Kier molecular flexibility index (Phi) is 3.62. The van der Waals surface area contributed by atoms with Crippen molar-refractivity contribution in [1.82, 2.24) is 4.98 Å². The van der Waals surface area contributed by atoms with Crippen molar-refractivity contribution in [2.24, 2.45) is 5.73 Å². The number of hydrogen-bond acceptors (Lipinski definition) is 2. The van der Waals surface area contributed by atoms with Crippen LogP contribution in [0.5, 0.6) is 0 Å². The summed E-state index contributed by atoms with van der Waals surface area (Å²) in [6, 6.07) is 15.1. The van der Waals surface area contributed by atoms with Crippen LogP contribution in [0.25, 0.3) is 10.9 Å². The zero-order valence-corrected chi connectivity index (χ0v) is 11.3. The largest absolute Gasteiger partial charge is 0.322 e. The third kappa shape index (κ3) is 2.90. The molecular weight excluding hydrogens is 270 g/mol. The topological polar surface area (TPSA) is 38.9 Å². The van der Waals surface area contributed by atoms with Crippen LogP contribution in [0.4, 0.5) is 8.78 Å². The number of halogens is 2. The summed E-state index contributed by atoms with van der Waals surface area (Å²) >= 11 is 0. The van der Waals surface area contributed by atoms with Crippen molar-refractivity contribution in [1.29, 1.82) is 0 Å². The van der Waals surface area contributed by atoms with E-state index in [0.29, 0.717) is 12.0 Å². The lowest BCUT2D eigenvalue weighted by Crippen LogP contribution is -2.15. The van der Waals surface area contributed by atoms with Gasteiger partial charge in [0, 0.05) is 5.39 Å². The molecule has 0 spiro atoms. The Morgan fingerprint density at radius 2 is 1.76 bits per heavy atom. The second-order valence-corrected chi connectivity index (χ2v) is 4.99. The van der Waals surface area contributed by atoms with E-state index in [1.807, 2.05) is 36.4 Å². The monoisotopic (exact) mass is 284 g/mol. The predicted octanol–water partition coefficient (Wildman–Crippen LogP) is 3.76. The van der Waals surface area contributed by atoms with Crippen LogP contribution in [0, 0.1) is 11.6 Å². The Morgan fingerprint density at radius 3 is 2.57 bits per heavy atom. The van der Waals surface area contributed by atoms with Gasteiger partial charge in [-0.1, -0.05) is 30.3 Å². The molecule has 0 saturated heterocycles. The number of nitrogens with two attached hydrogens (primary N) is 1. The molecule has 1 unspecified atom stereocenters. The zero-order valence-electron chi connectivity index (χ0n) is 11.3. The molecule has 0 bridgehead atoms. The summed E-state index contributed by atoms with van der Waals surface area (Å²) in [7, 11) is 0. The minimum atomic E-state index is -0.855. The van der Waals surface area contributed by atoms with Gasteiger partial charge in [0.05, 0.1) is 17.3 Å². The van der Waals surface area contributed by atoms with Gasteiger partial charge in [0.2, 0.25) is 0 Å². The molecule has 2 N–H and O–H groups in total. The molecule has 0 aliphatic rings. The fourth-order valence-electron chi connectivity index (χ4n) is 2.31.